The number of hydrogen-bond acceptors (Lipinski definition) is 7. The molecule has 2 aromatic heterocycles. The lowest BCUT2D eigenvalue weighted by atomic mass is 10.2. The monoisotopic (exact) mass is 418 g/mol. The summed E-state index contributed by atoms with van der Waals surface area (Å²) in [6.45, 7) is 0. The number of pyridine rings is 1. The van der Waals surface area contributed by atoms with Gasteiger partial charge in [0.25, 0.3) is 5.22 Å². The highest BCUT2D eigenvalue weighted by atomic mass is 32.2. The van der Waals surface area contributed by atoms with Gasteiger partial charge in [0, 0.05) is 27.7 Å². The predicted octanol–water partition coefficient (Wildman–Crippen LogP) is 5.05. The number of rotatable bonds is 4. The Morgan fingerprint density at radius 1 is 0.931 bits per heavy atom. The van der Waals surface area contributed by atoms with Crippen LogP contribution >= 0.6 is 23.5 Å². The van der Waals surface area contributed by atoms with Crippen molar-refractivity contribution in [2.24, 2.45) is 0 Å². The molecule has 6 nitrogen and oxygen atoms in total. The Bertz CT molecular complexity index is 1130. The number of hydrogen-bond donors (Lipinski definition) is 0. The minimum Gasteiger partial charge on any atom is -0.411 e. The van der Waals surface area contributed by atoms with Gasteiger partial charge in [-0.05, 0) is 36.4 Å². The Kier molecular flexibility index (Phi) is 4.79. The average molecular weight is 419 g/mol. The first-order valence-electron chi connectivity index (χ1n) is 8.85. The van der Waals surface area contributed by atoms with Crippen molar-refractivity contribution in [3.63, 3.8) is 0 Å². The smallest absolute Gasteiger partial charge is 0.277 e. The van der Waals surface area contributed by atoms with Crippen LogP contribution in [0.4, 0.5) is 11.4 Å². The van der Waals surface area contributed by atoms with E-state index in [9.17, 15) is 4.79 Å². The van der Waals surface area contributed by atoms with Gasteiger partial charge in [0.05, 0.1) is 17.1 Å². The third-order valence-electron chi connectivity index (χ3n) is 4.33. The lowest BCUT2D eigenvalue weighted by molar-refractivity contribution is -0.115. The first-order chi connectivity index (χ1) is 14.3. The third-order valence-corrected chi connectivity index (χ3v) is 6.27. The van der Waals surface area contributed by atoms with Gasteiger partial charge in [0.2, 0.25) is 11.8 Å². The van der Waals surface area contributed by atoms with Crippen molar-refractivity contribution in [2.75, 3.05) is 10.7 Å². The molecule has 0 N–H and O–H groups in total. The van der Waals surface area contributed by atoms with E-state index in [0.717, 1.165) is 26.7 Å². The van der Waals surface area contributed by atoms with E-state index in [0.29, 0.717) is 11.1 Å². The number of para-hydroxylation sites is 2. The normalized spacial score (nSPS) is 12.3. The van der Waals surface area contributed by atoms with Crippen LogP contribution in [0.1, 0.15) is 0 Å². The molecule has 1 aliphatic rings. The summed E-state index contributed by atoms with van der Waals surface area (Å²) >= 11 is 2.91. The molecular weight excluding hydrogens is 404 g/mol. The molecule has 1 amide bonds. The highest BCUT2D eigenvalue weighted by Crippen LogP contribution is 2.48. The minimum atomic E-state index is -0.0427. The van der Waals surface area contributed by atoms with Crippen molar-refractivity contribution in [3.05, 3.63) is 73.1 Å². The van der Waals surface area contributed by atoms with Crippen LogP contribution < -0.4 is 4.90 Å². The Hall–Kier alpha value is -3.10. The molecule has 5 rings (SSSR count). The second-order valence-electron chi connectivity index (χ2n) is 6.16. The zero-order valence-corrected chi connectivity index (χ0v) is 16.7. The van der Waals surface area contributed by atoms with E-state index in [-0.39, 0.29) is 11.7 Å². The summed E-state index contributed by atoms with van der Waals surface area (Å²) in [5.41, 5.74) is 2.58. The highest BCUT2D eigenvalue weighted by Gasteiger charge is 2.28. The molecule has 0 atom stereocenters. The fourth-order valence-electron chi connectivity index (χ4n) is 3.04. The molecule has 0 fully saturated rings. The van der Waals surface area contributed by atoms with Gasteiger partial charge in [-0.2, -0.15) is 0 Å². The number of carbonyl (C=O) groups is 1. The van der Waals surface area contributed by atoms with Crippen molar-refractivity contribution in [2.45, 2.75) is 15.0 Å². The number of aromatic nitrogens is 3. The van der Waals surface area contributed by atoms with Gasteiger partial charge in [0.15, 0.2) is 0 Å². The second-order valence-corrected chi connectivity index (χ2v) is 8.17. The third kappa shape index (κ3) is 3.52. The first kappa shape index (κ1) is 18.0. The second kappa shape index (κ2) is 7.73. The van der Waals surface area contributed by atoms with Gasteiger partial charge in [0.1, 0.15) is 0 Å². The lowest BCUT2D eigenvalue weighted by Gasteiger charge is -2.30. The van der Waals surface area contributed by atoms with Crippen molar-refractivity contribution in [3.8, 4) is 11.5 Å². The number of carbonyl (C=O) groups excluding carboxylic acids is 1. The molecule has 0 unspecified atom stereocenters. The van der Waals surface area contributed by atoms with Crippen LogP contribution in [-0.4, -0.2) is 26.8 Å². The van der Waals surface area contributed by atoms with Gasteiger partial charge in [-0.3, -0.25) is 14.7 Å². The molecular formula is C21H14N4O2S2. The fraction of sp³-hybridized carbons (Fsp3) is 0.0476. The van der Waals surface area contributed by atoms with E-state index in [1.54, 1.807) is 41.2 Å². The summed E-state index contributed by atoms with van der Waals surface area (Å²) in [4.78, 5) is 21.0. The Balaban J connectivity index is 1.37. The largest absolute Gasteiger partial charge is 0.411 e. The van der Waals surface area contributed by atoms with Crippen LogP contribution in [-0.2, 0) is 4.79 Å². The van der Waals surface area contributed by atoms with E-state index in [2.05, 4.69) is 15.2 Å². The average Bonchev–Trinajstić information content (AvgIpc) is 3.25. The van der Waals surface area contributed by atoms with Gasteiger partial charge in [-0.1, -0.05) is 47.8 Å². The Morgan fingerprint density at radius 3 is 2.28 bits per heavy atom. The molecule has 29 heavy (non-hydrogen) atoms. The molecule has 8 heteroatoms. The number of nitrogens with zero attached hydrogens (tertiary/aromatic N) is 4. The molecule has 0 aliphatic carbocycles. The van der Waals surface area contributed by atoms with E-state index in [1.807, 2.05) is 48.5 Å². The topological polar surface area (TPSA) is 72.1 Å². The van der Waals surface area contributed by atoms with Crippen LogP contribution in [0.25, 0.3) is 11.5 Å². The van der Waals surface area contributed by atoms with E-state index < -0.39 is 0 Å². The number of fused-ring (bicyclic) bond motifs is 2. The van der Waals surface area contributed by atoms with Crippen LogP contribution in [0.15, 0.2) is 92.5 Å². The summed E-state index contributed by atoms with van der Waals surface area (Å²) in [6, 6.07) is 19.4. The van der Waals surface area contributed by atoms with E-state index in [1.165, 1.54) is 11.8 Å². The molecule has 3 heterocycles. The SMILES string of the molecule is O=C(CSc1nnc(-c2ccncc2)o1)N1c2ccccc2Sc2ccccc21. The van der Waals surface area contributed by atoms with Crippen LogP contribution in [0, 0.1) is 0 Å². The van der Waals surface area contributed by atoms with Crippen molar-refractivity contribution >= 4 is 40.8 Å². The van der Waals surface area contributed by atoms with Crippen molar-refractivity contribution in [1.82, 2.24) is 15.2 Å². The van der Waals surface area contributed by atoms with Crippen LogP contribution in [0.5, 0.6) is 0 Å². The number of amides is 1. The summed E-state index contributed by atoms with van der Waals surface area (Å²) in [5, 5.41) is 8.46. The zero-order valence-electron chi connectivity index (χ0n) is 15.1. The maximum absolute atomic E-state index is 13.2. The molecule has 2 aromatic carbocycles. The standard InChI is InChI=1S/C21H14N4O2S2/c26-19(13-28-21-24-23-20(27-21)14-9-11-22-12-10-14)25-15-5-1-3-7-17(15)29-18-8-4-2-6-16(18)25/h1-12H,13H2. The summed E-state index contributed by atoms with van der Waals surface area (Å²) in [6.07, 6.45) is 3.33. The maximum Gasteiger partial charge on any atom is 0.277 e. The van der Waals surface area contributed by atoms with Crippen molar-refractivity contribution < 1.29 is 9.21 Å². The summed E-state index contributed by atoms with van der Waals surface area (Å²) in [7, 11) is 0. The molecule has 4 aromatic rings. The molecule has 0 radical (unpaired) electrons. The minimum absolute atomic E-state index is 0.0427. The molecule has 1 aliphatic heterocycles. The first-order valence-corrected chi connectivity index (χ1v) is 10.7. The Labute approximate surface area is 175 Å². The summed E-state index contributed by atoms with van der Waals surface area (Å²) in [5.74, 6) is 0.553. The maximum atomic E-state index is 13.2. The number of thioether (sulfide) groups is 1. The summed E-state index contributed by atoms with van der Waals surface area (Å²) < 4.78 is 5.68. The predicted molar refractivity (Wildman–Crippen MR) is 112 cm³/mol. The Morgan fingerprint density at radius 2 is 1.59 bits per heavy atom. The van der Waals surface area contributed by atoms with Gasteiger partial charge in [-0.15, -0.1) is 10.2 Å². The molecule has 0 bridgehead atoms. The van der Waals surface area contributed by atoms with Crippen LogP contribution in [0.2, 0.25) is 0 Å². The molecule has 0 spiro atoms. The van der Waals surface area contributed by atoms with Gasteiger partial charge < -0.3 is 4.42 Å². The van der Waals surface area contributed by atoms with Crippen LogP contribution in [0.3, 0.4) is 0 Å². The van der Waals surface area contributed by atoms with Gasteiger partial charge >= 0.3 is 0 Å². The fourth-order valence-corrected chi connectivity index (χ4v) is 4.71. The highest BCUT2D eigenvalue weighted by molar-refractivity contribution is 8.00. The lowest BCUT2D eigenvalue weighted by Crippen LogP contribution is -2.29. The molecule has 142 valence electrons. The van der Waals surface area contributed by atoms with E-state index >= 15 is 0 Å². The number of benzene rings is 2. The quantitative estimate of drug-likeness (QED) is 0.429. The van der Waals surface area contributed by atoms with Crippen molar-refractivity contribution in [1.29, 1.82) is 0 Å². The zero-order chi connectivity index (χ0) is 19.6. The van der Waals surface area contributed by atoms with E-state index in [4.69, 9.17) is 4.42 Å². The van der Waals surface area contributed by atoms with Gasteiger partial charge in [-0.25, -0.2) is 0 Å². The molecule has 0 saturated heterocycles. The number of anilines is 2. The molecule has 0 saturated carbocycles.